The van der Waals surface area contributed by atoms with Crippen LogP contribution in [-0.2, 0) is 0 Å². The lowest BCUT2D eigenvalue weighted by Gasteiger charge is -2.07. The SMILES string of the molecule is C1C[Si]CCN1. The van der Waals surface area contributed by atoms with Gasteiger partial charge in [0.15, 0.2) is 0 Å². The highest BCUT2D eigenvalue weighted by molar-refractivity contribution is 6.35. The minimum absolute atomic E-state index is 1.24. The van der Waals surface area contributed by atoms with Crippen LogP contribution in [0.15, 0.2) is 0 Å². The molecule has 6 heavy (non-hydrogen) atoms. The van der Waals surface area contributed by atoms with Crippen molar-refractivity contribution in [2.24, 2.45) is 0 Å². The Morgan fingerprint density at radius 1 is 1.17 bits per heavy atom. The van der Waals surface area contributed by atoms with Crippen LogP contribution in [0.25, 0.3) is 0 Å². The van der Waals surface area contributed by atoms with Crippen molar-refractivity contribution in [1.29, 1.82) is 0 Å². The van der Waals surface area contributed by atoms with Crippen molar-refractivity contribution >= 4 is 9.52 Å². The van der Waals surface area contributed by atoms with Gasteiger partial charge in [-0.05, 0) is 25.2 Å². The van der Waals surface area contributed by atoms with Crippen molar-refractivity contribution in [2.45, 2.75) is 12.1 Å². The summed E-state index contributed by atoms with van der Waals surface area (Å²) in [6.07, 6.45) is 0. The maximum Gasteiger partial charge on any atom is 0.0404 e. The van der Waals surface area contributed by atoms with Crippen LogP contribution in [0.1, 0.15) is 0 Å². The molecular formula is C4H9NSi. The smallest absolute Gasteiger partial charge is 0.0404 e. The van der Waals surface area contributed by atoms with E-state index < -0.39 is 0 Å². The molecule has 0 aromatic carbocycles. The summed E-state index contributed by atoms with van der Waals surface area (Å²) < 4.78 is 0. The van der Waals surface area contributed by atoms with Crippen LogP contribution in [0.4, 0.5) is 0 Å². The van der Waals surface area contributed by atoms with E-state index in [-0.39, 0.29) is 0 Å². The Morgan fingerprint density at radius 2 is 1.83 bits per heavy atom. The molecule has 1 rings (SSSR count). The highest BCUT2D eigenvalue weighted by Crippen LogP contribution is 1.87. The summed E-state index contributed by atoms with van der Waals surface area (Å²) in [5.74, 6) is 0. The minimum atomic E-state index is 1.24. The minimum Gasteiger partial charge on any atom is -0.317 e. The van der Waals surface area contributed by atoms with Crippen LogP contribution < -0.4 is 5.32 Å². The zero-order chi connectivity index (χ0) is 4.24. The van der Waals surface area contributed by atoms with Crippen molar-refractivity contribution < 1.29 is 0 Å². The fourth-order valence-electron chi connectivity index (χ4n) is 0.604. The van der Waals surface area contributed by atoms with Crippen molar-refractivity contribution in [3.05, 3.63) is 0 Å². The van der Waals surface area contributed by atoms with E-state index >= 15 is 0 Å². The van der Waals surface area contributed by atoms with E-state index in [9.17, 15) is 0 Å². The standard InChI is InChI=1S/C4H9NSi/c1-3-6-4-2-5-1/h5H,1-4H2. The van der Waals surface area contributed by atoms with Crippen molar-refractivity contribution in [2.75, 3.05) is 13.1 Å². The maximum atomic E-state index is 3.29. The first-order valence-electron chi connectivity index (χ1n) is 2.41. The van der Waals surface area contributed by atoms with E-state index in [0.717, 1.165) is 0 Å². The van der Waals surface area contributed by atoms with Gasteiger partial charge in [0.2, 0.25) is 0 Å². The second kappa shape index (κ2) is 2.37. The molecule has 1 aliphatic rings. The van der Waals surface area contributed by atoms with Gasteiger partial charge in [0.05, 0.1) is 0 Å². The molecule has 1 saturated heterocycles. The third kappa shape index (κ3) is 1.10. The second-order valence-electron chi connectivity index (χ2n) is 1.50. The van der Waals surface area contributed by atoms with Crippen LogP contribution in [0, 0.1) is 0 Å². The van der Waals surface area contributed by atoms with Gasteiger partial charge in [0, 0.05) is 9.52 Å². The van der Waals surface area contributed by atoms with Gasteiger partial charge >= 0.3 is 0 Å². The summed E-state index contributed by atoms with van der Waals surface area (Å²) in [4.78, 5) is 0. The van der Waals surface area contributed by atoms with Gasteiger partial charge in [0.25, 0.3) is 0 Å². The zero-order valence-corrected chi connectivity index (χ0v) is 4.83. The molecule has 2 radical (unpaired) electrons. The Kier molecular flexibility index (Phi) is 1.71. The molecular weight excluding hydrogens is 90.1 g/mol. The Labute approximate surface area is 41.0 Å². The lowest BCUT2D eigenvalue weighted by atomic mass is 10.6. The summed E-state index contributed by atoms with van der Waals surface area (Å²) in [6, 6.07) is 2.83. The molecule has 1 N–H and O–H groups in total. The van der Waals surface area contributed by atoms with E-state index in [0.29, 0.717) is 0 Å². The fourth-order valence-corrected chi connectivity index (χ4v) is 1.56. The van der Waals surface area contributed by atoms with Crippen LogP contribution in [0.5, 0.6) is 0 Å². The molecule has 0 aromatic rings. The lowest BCUT2D eigenvalue weighted by molar-refractivity contribution is 0.730. The Bertz CT molecular complexity index is 23.0. The molecule has 0 saturated carbocycles. The second-order valence-corrected chi connectivity index (χ2v) is 3.00. The fraction of sp³-hybridized carbons (Fsp3) is 1.00. The summed E-state index contributed by atoms with van der Waals surface area (Å²) in [5, 5.41) is 3.29. The molecule has 1 aliphatic heterocycles. The summed E-state index contributed by atoms with van der Waals surface area (Å²) in [6.45, 7) is 2.52. The van der Waals surface area contributed by atoms with Gasteiger partial charge in [-0.15, -0.1) is 0 Å². The molecule has 0 bridgehead atoms. The molecule has 0 aromatic heterocycles. The summed E-state index contributed by atoms with van der Waals surface area (Å²) >= 11 is 0. The van der Waals surface area contributed by atoms with Crippen LogP contribution in [0.2, 0.25) is 12.1 Å². The zero-order valence-electron chi connectivity index (χ0n) is 3.83. The van der Waals surface area contributed by atoms with Gasteiger partial charge in [0.1, 0.15) is 0 Å². The van der Waals surface area contributed by atoms with E-state index in [1.165, 1.54) is 34.7 Å². The van der Waals surface area contributed by atoms with Crippen LogP contribution >= 0.6 is 0 Å². The van der Waals surface area contributed by atoms with E-state index in [4.69, 9.17) is 0 Å². The van der Waals surface area contributed by atoms with E-state index in [2.05, 4.69) is 5.32 Å². The average Bonchev–Trinajstić information content (AvgIpc) is 1.72. The highest BCUT2D eigenvalue weighted by atomic mass is 28.2. The first-order chi connectivity index (χ1) is 3.00. The predicted octanol–water partition coefficient (Wildman–Crippen LogP) is 0.130. The van der Waals surface area contributed by atoms with Gasteiger partial charge < -0.3 is 5.32 Å². The van der Waals surface area contributed by atoms with Crippen molar-refractivity contribution in [3.63, 3.8) is 0 Å². The number of rotatable bonds is 0. The van der Waals surface area contributed by atoms with Crippen LogP contribution in [0.3, 0.4) is 0 Å². The van der Waals surface area contributed by atoms with Gasteiger partial charge in [-0.1, -0.05) is 0 Å². The van der Waals surface area contributed by atoms with Crippen LogP contribution in [-0.4, -0.2) is 22.6 Å². The van der Waals surface area contributed by atoms with Crippen molar-refractivity contribution in [1.82, 2.24) is 5.32 Å². The predicted molar refractivity (Wildman–Crippen MR) is 28.2 cm³/mol. The number of hydrogen-bond donors (Lipinski definition) is 1. The first kappa shape index (κ1) is 4.34. The molecule has 1 heterocycles. The Morgan fingerprint density at radius 3 is 2.00 bits per heavy atom. The maximum absolute atomic E-state index is 3.29. The molecule has 2 heteroatoms. The molecule has 0 amide bonds. The largest absolute Gasteiger partial charge is 0.317 e. The normalized spacial score (nSPS) is 24.0. The topological polar surface area (TPSA) is 12.0 Å². The number of hydrogen-bond acceptors (Lipinski definition) is 1. The highest BCUT2D eigenvalue weighted by Gasteiger charge is 1.95. The van der Waals surface area contributed by atoms with Gasteiger partial charge in [-0.3, -0.25) is 0 Å². The van der Waals surface area contributed by atoms with Gasteiger partial charge in [-0.25, -0.2) is 0 Å². The first-order valence-corrected chi connectivity index (χ1v) is 3.83. The molecule has 0 aliphatic carbocycles. The van der Waals surface area contributed by atoms with E-state index in [1.807, 2.05) is 0 Å². The molecule has 34 valence electrons. The Balaban J connectivity index is 2.00. The third-order valence-electron chi connectivity index (χ3n) is 0.957. The monoisotopic (exact) mass is 99.1 g/mol. The summed E-state index contributed by atoms with van der Waals surface area (Å²) in [7, 11) is 1.24. The third-order valence-corrected chi connectivity index (χ3v) is 2.16. The quantitative estimate of drug-likeness (QED) is 0.426. The molecule has 0 unspecified atom stereocenters. The molecule has 1 nitrogen and oxygen atoms in total. The molecule has 0 atom stereocenters. The number of nitrogens with one attached hydrogen (secondary N) is 1. The van der Waals surface area contributed by atoms with E-state index in [1.54, 1.807) is 0 Å². The molecule has 1 fully saturated rings. The summed E-state index contributed by atoms with van der Waals surface area (Å²) in [5.41, 5.74) is 0. The lowest BCUT2D eigenvalue weighted by Crippen LogP contribution is -2.24. The van der Waals surface area contributed by atoms with Gasteiger partial charge in [-0.2, -0.15) is 0 Å². The van der Waals surface area contributed by atoms with Crippen molar-refractivity contribution in [3.8, 4) is 0 Å². The Hall–Kier alpha value is 0.177. The average molecular weight is 99.2 g/mol. The molecule has 0 spiro atoms.